The summed E-state index contributed by atoms with van der Waals surface area (Å²) in [7, 11) is -2.09. The van der Waals surface area contributed by atoms with Gasteiger partial charge in [-0.25, -0.2) is 0 Å². The van der Waals surface area contributed by atoms with E-state index in [4.69, 9.17) is 4.43 Å². The van der Waals surface area contributed by atoms with Gasteiger partial charge in [0.25, 0.3) is 0 Å². The lowest BCUT2D eigenvalue weighted by atomic mass is 9.95. The zero-order valence-electron chi connectivity index (χ0n) is 16.6. The Kier molecular flexibility index (Phi) is 5.18. The molecule has 134 valence electrons. The highest BCUT2D eigenvalue weighted by Gasteiger charge is 2.65. The van der Waals surface area contributed by atoms with Gasteiger partial charge in [-0.1, -0.05) is 85.7 Å². The van der Waals surface area contributed by atoms with Gasteiger partial charge in [-0.05, 0) is 21.5 Å². The molecular weight excluding hydrogens is 312 g/mol. The van der Waals surface area contributed by atoms with Crippen LogP contribution in [0.1, 0.15) is 72.2 Å². The van der Waals surface area contributed by atoms with E-state index in [1.165, 1.54) is 0 Å². The predicted octanol–water partition coefficient (Wildman–Crippen LogP) is 6.23. The fraction of sp³-hybridized carbons (Fsp3) is 0.667. The minimum atomic E-state index is -2.09. The fourth-order valence-electron chi connectivity index (χ4n) is 5.14. The Morgan fingerprint density at radius 1 is 1.00 bits per heavy atom. The topological polar surface area (TPSA) is 26.3 Å². The number of hydrogen-bond acceptors (Lipinski definition) is 2. The molecule has 1 aliphatic heterocycles. The van der Waals surface area contributed by atoms with Gasteiger partial charge in [0.1, 0.15) is 0 Å². The highest BCUT2D eigenvalue weighted by Crippen LogP contribution is 2.63. The van der Waals surface area contributed by atoms with Gasteiger partial charge in [0.05, 0.1) is 6.10 Å². The van der Waals surface area contributed by atoms with Crippen LogP contribution in [-0.2, 0) is 4.43 Å². The molecule has 1 saturated heterocycles. The van der Waals surface area contributed by atoms with E-state index >= 15 is 0 Å². The quantitative estimate of drug-likeness (QED) is 0.479. The lowest BCUT2D eigenvalue weighted by Gasteiger charge is -2.51. The molecule has 24 heavy (non-hydrogen) atoms. The second kappa shape index (κ2) is 6.42. The smallest absolute Gasteiger partial charge is 0.206 e. The van der Waals surface area contributed by atoms with Crippen molar-refractivity contribution >= 4 is 14.1 Å². The standard InChI is InChI=1S/C21H34O2Si/c1-15-16(2)24(20(3,4)5,21(6,7)8)23-19(15)14-18(22)17-12-10-9-11-13-17/h9-13,15-16,19H,14H2,1-8H3/t15-,16-,19+/m0/s1. The average molecular weight is 347 g/mol. The molecule has 0 aromatic heterocycles. The van der Waals surface area contributed by atoms with Crippen molar-refractivity contribution in [3.05, 3.63) is 35.9 Å². The highest BCUT2D eigenvalue weighted by atomic mass is 28.4. The van der Waals surface area contributed by atoms with E-state index in [1.807, 2.05) is 30.3 Å². The van der Waals surface area contributed by atoms with Gasteiger partial charge < -0.3 is 4.43 Å². The molecule has 1 aromatic rings. The maximum absolute atomic E-state index is 12.7. The van der Waals surface area contributed by atoms with Gasteiger partial charge in [0.2, 0.25) is 8.32 Å². The molecule has 3 atom stereocenters. The zero-order chi connectivity index (χ0) is 18.3. The molecule has 3 heteroatoms. The molecule has 0 saturated carbocycles. The first-order chi connectivity index (χ1) is 10.9. The number of carbonyl (C=O) groups is 1. The minimum Gasteiger partial charge on any atom is -0.412 e. The monoisotopic (exact) mass is 346 g/mol. The van der Waals surface area contributed by atoms with E-state index in [2.05, 4.69) is 55.4 Å². The minimum absolute atomic E-state index is 0.0397. The van der Waals surface area contributed by atoms with E-state index in [-0.39, 0.29) is 22.0 Å². The third kappa shape index (κ3) is 3.13. The first kappa shape index (κ1) is 19.4. The van der Waals surface area contributed by atoms with Gasteiger partial charge in [-0.2, -0.15) is 0 Å². The van der Waals surface area contributed by atoms with Crippen LogP contribution in [0.3, 0.4) is 0 Å². The van der Waals surface area contributed by atoms with Gasteiger partial charge in [-0.15, -0.1) is 0 Å². The molecule has 1 fully saturated rings. The summed E-state index contributed by atoms with van der Waals surface area (Å²) in [6.07, 6.45) is 0.536. The van der Waals surface area contributed by atoms with Crippen molar-refractivity contribution in [2.24, 2.45) is 5.92 Å². The largest absolute Gasteiger partial charge is 0.412 e. The normalized spacial score (nSPS) is 27.2. The SMILES string of the molecule is C[C@@H]1[C@@H](CC(=O)c2ccccc2)O[Si](C(C)(C)C)(C(C)(C)C)[C@H]1C. The molecule has 0 bridgehead atoms. The summed E-state index contributed by atoms with van der Waals surface area (Å²) in [6.45, 7) is 18.6. The van der Waals surface area contributed by atoms with Crippen LogP contribution in [0.4, 0.5) is 0 Å². The van der Waals surface area contributed by atoms with Gasteiger partial charge in [0, 0.05) is 12.0 Å². The Balaban J connectivity index is 2.31. The molecule has 0 unspecified atom stereocenters. The highest BCUT2D eigenvalue weighted by molar-refractivity contribution is 6.81. The van der Waals surface area contributed by atoms with Gasteiger partial charge in [0.15, 0.2) is 5.78 Å². The van der Waals surface area contributed by atoms with E-state index in [9.17, 15) is 4.79 Å². The van der Waals surface area contributed by atoms with Crippen molar-refractivity contribution in [3.8, 4) is 0 Å². The number of ketones is 1. The van der Waals surface area contributed by atoms with Crippen LogP contribution in [0.15, 0.2) is 30.3 Å². The fourth-order valence-corrected chi connectivity index (χ4v) is 12.8. The second-order valence-electron chi connectivity index (χ2n) is 9.53. The van der Waals surface area contributed by atoms with E-state index in [1.54, 1.807) is 0 Å². The molecular formula is C21H34O2Si. The van der Waals surface area contributed by atoms with Crippen LogP contribution in [0, 0.1) is 5.92 Å². The Labute approximate surface area is 149 Å². The Hall–Kier alpha value is -0.933. The van der Waals surface area contributed by atoms with Crippen LogP contribution in [0.5, 0.6) is 0 Å². The summed E-state index contributed by atoms with van der Waals surface area (Å²) in [5.41, 5.74) is 1.33. The third-order valence-corrected chi connectivity index (χ3v) is 13.0. The Bertz CT molecular complexity index is 566. The van der Waals surface area contributed by atoms with Crippen LogP contribution in [0.25, 0.3) is 0 Å². The molecule has 1 aliphatic rings. The van der Waals surface area contributed by atoms with E-state index < -0.39 is 8.32 Å². The second-order valence-corrected chi connectivity index (χ2v) is 15.2. The molecule has 0 N–H and O–H groups in total. The van der Waals surface area contributed by atoms with Crippen molar-refractivity contribution in [3.63, 3.8) is 0 Å². The summed E-state index contributed by atoms with van der Waals surface area (Å²) < 4.78 is 6.91. The van der Waals surface area contributed by atoms with Gasteiger partial charge >= 0.3 is 0 Å². The number of hydrogen-bond donors (Lipinski definition) is 0. The first-order valence-corrected chi connectivity index (χ1v) is 11.2. The summed E-state index contributed by atoms with van der Waals surface area (Å²) >= 11 is 0. The van der Waals surface area contributed by atoms with Crippen molar-refractivity contribution in [1.29, 1.82) is 0 Å². The van der Waals surface area contributed by atoms with Crippen molar-refractivity contribution < 1.29 is 9.22 Å². The Morgan fingerprint density at radius 3 is 1.92 bits per heavy atom. The molecule has 2 nitrogen and oxygen atoms in total. The molecule has 1 heterocycles. The molecule has 0 spiro atoms. The molecule has 2 rings (SSSR count). The summed E-state index contributed by atoms with van der Waals surface area (Å²) in [5.74, 6) is 0.620. The lowest BCUT2D eigenvalue weighted by Crippen LogP contribution is -2.55. The molecule has 1 aromatic carbocycles. The van der Waals surface area contributed by atoms with Crippen LogP contribution in [0.2, 0.25) is 15.6 Å². The number of rotatable bonds is 3. The third-order valence-electron chi connectivity index (χ3n) is 6.06. The molecule has 0 amide bonds. The summed E-state index contributed by atoms with van der Waals surface area (Å²) in [6, 6.07) is 9.62. The molecule has 0 radical (unpaired) electrons. The maximum atomic E-state index is 12.7. The first-order valence-electron chi connectivity index (χ1n) is 9.18. The summed E-state index contributed by atoms with van der Waals surface area (Å²) in [4.78, 5) is 12.7. The van der Waals surface area contributed by atoms with Crippen LogP contribution >= 0.6 is 0 Å². The number of Topliss-reactive ketones (excluding diaryl/α,β-unsaturated/α-hetero) is 1. The maximum Gasteiger partial charge on any atom is 0.206 e. The van der Waals surface area contributed by atoms with Crippen molar-refractivity contribution in [1.82, 2.24) is 0 Å². The zero-order valence-corrected chi connectivity index (χ0v) is 17.6. The molecule has 0 aliphatic carbocycles. The number of carbonyl (C=O) groups excluding carboxylic acids is 1. The van der Waals surface area contributed by atoms with Crippen LogP contribution in [-0.4, -0.2) is 20.2 Å². The Morgan fingerprint density at radius 2 is 1.50 bits per heavy atom. The van der Waals surface area contributed by atoms with Gasteiger partial charge in [-0.3, -0.25) is 4.79 Å². The van der Waals surface area contributed by atoms with Crippen LogP contribution < -0.4 is 0 Å². The lowest BCUT2D eigenvalue weighted by molar-refractivity contribution is 0.0871. The van der Waals surface area contributed by atoms with E-state index in [0.29, 0.717) is 17.9 Å². The van der Waals surface area contributed by atoms with E-state index in [0.717, 1.165) is 5.56 Å². The predicted molar refractivity (Wildman–Crippen MR) is 104 cm³/mol. The van der Waals surface area contributed by atoms with Crippen molar-refractivity contribution in [2.75, 3.05) is 0 Å². The summed E-state index contributed by atoms with van der Waals surface area (Å²) in [5, 5.41) is 0.285. The average Bonchev–Trinajstić information content (AvgIpc) is 2.73. The number of benzene rings is 1. The van der Waals surface area contributed by atoms with Crippen molar-refractivity contribution in [2.45, 2.75) is 83.5 Å².